The summed E-state index contributed by atoms with van der Waals surface area (Å²) in [4.78, 5) is 11.2. The molecule has 0 bridgehead atoms. The molecule has 0 saturated heterocycles. The van der Waals surface area contributed by atoms with Crippen LogP contribution in [-0.4, -0.2) is 20.3 Å². The highest BCUT2D eigenvalue weighted by molar-refractivity contribution is 7.80. The smallest absolute Gasteiger partial charge is 0.293 e. The van der Waals surface area contributed by atoms with Crippen LogP contribution in [0.15, 0.2) is 24.3 Å². The Bertz CT molecular complexity index is 463. The van der Waals surface area contributed by atoms with E-state index in [1.54, 1.807) is 18.2 Å². The summed E-state index contributed by atoms with van der Waals surface area (Å²) >= 11 is 21.7. The molecule has 0 heterocycles. The molecule has 4 N–H and O–H groups in total. The molecule has 98 valence electrons. The first-order valence-corrected chi connectivity index (χ1v) is 6.26. The normalized spacial score (nSPS) is 10.8. The van der Waals surface area contributed by atoms with Crippen LogP contribution in [-0.2, 0) is 0 Å². The monoisotopic (exact) mass is 327 g/mol. The number of benzene rings is 1. The van der Waals surface area contributed by atoms with Gasteiger partial charge in [0.25, 0.3) is 5.69 Å². The van der Waals surface area contributed by atoms with E-state index in [-0.39, 0.29) is 16.5 Å². The van der Waals surface area contributed by atoms with Crippen molar-refractivity contribution in [2.75, 3.05) is 11.9 Å². The topological polar surface area (TPSA) is 70.2 Å². The zero-order valence-electron chi connectivity index (χ0n) is 8.99. The van der Waals surface area contributed by atoms with Gasteiger partial charge in [0.2, 0.25) is 3.79 Å². The Morgan fingerprint density at radius 2 is 2.11 bits per heavy atom. The summed E-state index contributed by atoms with van der Waals surface area (Å²) in [6.07, 6.45) is 0. The number of rotatable bonds is 3. The zero-order valence-corrected chi connectivity index (χ0v) is 12.1. The van der Waals surface area contributed by atoms with Crippen molar-refractivity contribution in [1.82, 2.24) is 5.32 Å². The summed E-state index contributed by atoms with van der Waals surface area (Å²) in [5.41, 5.74) is 0.893. The van der Waals surface area contributed by atoms with E-state index in [9.17, 15) is 4.91 Å². The van der Waals surface area contributed by atoms with E-state index in [1.165, 1.54) is 6.07 Å². The maximum atomic E-state index is 10.9. The first kappa shape index (κ1) is 15.2. The number of nitrogens with two attached hydrogens (primary N) is 1. The molecule has 5 nitrogen and oxygen atoms in total. The molecule has 0 amide bonds. The van der Waals surface area contributed by atoms with Crippen molar-refractivity contribution in [3.63, 3.8) is 0 Å². The number of hydrogen-bond acceptors (Lipinski definition) is 2. The molecule has 0 aliphatic heterocycles. The molecule has 0 fully saturated rings. The van der Waals surface area contributed by atoms with Crippen LogP contribution in [0, 0.1) is 4.91 Å². The molecule has 0 spiro atoms. The van der Waals surface area contributed by atoms with Crippen molar-refractivity contribution < 1.29 is 4.87 Å². The lowest BCUT2D eigenvalue weighted by molar-refractivity contribution is -0.474. The molecular weight excluding hydrogens is 319 g/mol. The molecular formula is C9H10Cl3N4OS+. The minimum absolute atomic E-state index is 0.0633. The quantitative estimate of drug-likeness (QED) is 0.262. The van der Waals surface area contributed by atoms with Crippen LogP contribution in [0.5, 0.6) is 0 Å². The molecule has 9 heteroatoms. The van der Waals surface area contributed by atoms with Gasteiger partial charge in [-0.3, -0.25) is 0 Å². The summed E-state index contributed by atoms with van der Waals surface area (Å²) < 4.78 is -1.43. The standard InChI is InChI=1S/C9H9Cl3N4OS/c10-9(11,12)5-14-8(18)15-6-2-1-3-7(4-6)16(13)17/h1-4H,5H2,(H3-,13,14,15,17,18)/p+1. The first-order valence-electron chi connectivity index (χ1n) is 4.71. The highest BCUT2D eigenvalue weighted by atomic mass is 35.6. The van der Waals surface area contributed by atoms with E-state index >= 15 is 0 Å². The molecule has 0 atom stereocenters. The van der Waals surface area contributed by atoms with Gasteiger partial charge in [-0.25, -0.2) is 0 Å². The Balaban J connectivity index is 2.59. The lowest BCUT2D eigenvalue weighted by atomic mass is 10.3. The van der Waals surface area contributed by atoms with Gasteiger partial charge >= 0.3 is 0 Å². The second kappa shape index (κ2) is 6.38. The van der Waals surface area contributed by atoms with Gasteiger partial charge in [0, 0.05) is 17.8 Å². The number of hydrazine groups is 1. The fourth-order valence-electron chi connectivity index (χ4n) is 1.08. The number of anilines is 1. The van der Waals surface area contributed by atoms with Crippen LogP contribution in [0.25, 0.3) is 0 Å². The number of nitroso groups, excluding NO2 is 1. The molecule has 0 saturated carbocycles. The van der Waals surface area contributed by atoms with Crippen LogP contribution < -0.4 is 16.5 Å². The third-order valence-corrected chi connectivity index (χ3v) is 2.46. The van der Waals surface area contributed by atoms with E-state index in [4.69, 9.17) is 52.9 Å². The summed E-state index contributed by atoms with van der Waals surface area (Å²) in [6, 6.07) is 6.48. The molecule has 0 unspecified atom stereocenters. The van der Waals surface area contributed by atoms with Crippen molar-refractivity contribution in [1.29, 1.82) is 0 Å². The second-order valence-electron chi connectivity index (χ2n) is 3.30. The Labute approximate surface area is 124 Å². The summed E-state index contributed by atoms with van der Waals surface area (Å²) in [5, 5.41) is 5.83. The largest absolute Gasteiger partial charge is 0.358 e. The van der Waals surface area contributed by atoms with E-state index < -0.39 is 3.79 Å². The summed E-state index contributed by atoms with van der Waals surface area (Å²) in [5.74, 6) is 5.08. The second-order valence-corrected chi connectivity index (χ2v) is 6.22. The maximum absolute atomic E-state index is 10.9. The predicted octanol–water partition coefficient (Wildman–Crippen LogP) is 2.63. The van der Waals surface area contributed by atoms with Gasteiger partial charge in [0.15, 0.2) is 9.98 Å². The van der Waals surface area contributed by atoms with Crippen molar-refractivity contribution in [2.24, 2.45) is 5.84 Å². The average molecular weight is 329 g/mol. The molecule has 0 aliphatic rings. The van der Waals surface area contributed by atoms with Gasteiger partial charge in [-0.15, -0.1) is 0 Å². The summed E-state index contributed by atoms with van der Waals surface area (Å²) in [6.45, 7) is 0.0633. The minimum Gasteiger partial charge on any atom is -0.358 e. The van der Waals surface area contributed by atoms with Gasteiger partial charge in [-0.2, -0.15) is 5.84 Å². The van der Waals surface area contributed by atoms with Crippen LogP contribution in [0.1, 0.15) is 0 Å². The number of nitrogens with one attached hydrogen (secondary N) is 2. The summed E-state index contributed by atoms with van der Waals surface area (Å²) in [7, 11) is 0. The SMILES string of the molecule is N[N+](=O)c1cccc(NC(=S)NCC(Cl)(Cl)Cl)c1. The maximum Gasteiger partial charge on any atom is 0.293 e. The Morgan fingerprint density at radius 3 is 2.67 bits per heavy atom. The van der Waals surface area contributed by atoms with Crippen molar-refractivity contribution in [3.8, 4) is 0 Å². The fourth-order valence-corrected chi connectivity index (χ4v) is 1.47. The number of hydrogen-bond donors (Lipinski definition) is 3. The number of halogens is 3. The Kier molecular flexibility index (Phi) is 5.40. The third-order valence-electron chi connectivity index (χ3n) is 1.81. The third kappa shape index (κ3) is 5.68. The molecule has 0 radical (unpaired) electrons. The van der Waals surface area contributed by atoms with E-state index in [1.807, 2.05) is 0 Å². The minimum atomic E-state index is -1.43. The Hall–Kier alpha value is -0.820. The van der Waals surface area contributed by atoms with Crippen LogP contribution in [0.3, 0.4) is 0 Å². The number of thiocarbonyl (C=S) groups is 1. The Morgan fingerprint density at radius 1 is 1.44 bits per heavy atom. The molecule has 0 aliphatic carbocycles. The van der Waals surface area contributed by atoms with E-state index in [0.717, 1.165) is 0 Å². The lowest BCUT2D eigenvalue weighted by Crippen LogP contribution is -2.35. The molecule has 1 aromatic rings. The van der Waals surface area contributed by atoms with E-state index in [2.05, 4.69) is 10.6 Å². The fraction of sp³-hybridized carbons (Fsp3) is 0.222. The van der Waals surface area contributed by atoms with Gasteiger partial charge in [-0.1, -0.05) is 40.9 Å². The van der Waals surface area contributed by atoms with Crippen LogP contribution in [0.2, 0.25) is 0 Å². The molecule has 0 aromatic heterocycles. The molecule has 1 aromatic carbocycles. The van der Waals surface area contributed by atoms with Crippen molar-refractivity contribution >= 4 is 63.5 Å². The number of nitrogens with zero attached hydrogens (tertiary/aromatic N) is 1. The predicted molar refractivity (Wildman–Crippen MR) is 78.4 cm³/mol. The van der Waals surface area contributed by atoms with Gasteiger partial charge in [0.1, 0.15) is 0 Å². The average Bonchev–Trinajstić information content (AvgIpc) is 2.26. The van der Waals surface area contributed by atoms with Gasteiger partial charge < -0.3 is 10.6 Å². The molecule has 18 heavy (non-hydrogen) atoms. The first-order chi connectivity index (χ1) is 8.28. The zero-order chi connectivity index (χ0) is 13.8. The van der Waals surface area contributed by atoms with Gasteiger partial charge in [-0.05, 0) is 18.3 Å². The number of alkyl halides is 3. The van der Waals surface area contributed by atoms with Gasteiger partial charge in [0.05, 0.1) is 11.5 Å². The van der Waals surface area contributed by atoms with Crippen LogP contribution >= 0.6 is 47.0 Å². The highest BCUT2D eigenvalue weighted by Gasteiger charge is 2.19. The van der Waals surface area contributed by atoms with E-state index in [0.29, 0.717) is 11.4 Å². The van der Waals surface area contributed by atoms with Crippen molar-refractivity contribution in [2.45, 2.75) is 3.79 Å². The van der Waals surface area contributed by atoms with Crippen LogP contribution in [0.4, 0.5) is 11.4 Å². The van der Waals surface area contributed by atoms with Crippen molar-refractivity contribution in [3.05, 3.63) is 29.2 Å². The lowest BCUT2D eigenvalue weighted by Gasteiger charge is -2.14. The molecule has 1 rings (SSSR count). The highest BCUT2D eigenvalue weighted by Crippen LogP contribution is 2.24.